The van der Waals surface area contributed by atoms with Gasteiger partial charge in [0.2, 0.25) is 0 Å². The van der Waals surface area contributed by atoms with Crippen molar-refractivity contribution in [3.05, 3.63) is 47.5 Å². The fourth-order valence-corrected chi connectivity index (χ4v) is 1.61. The first-order valence-corrected chi connectivity index (χ1v) is 5.17. The summed E-state index contributed by atoms with van der Waals surface area (Å²) in [5.41, 5.74) is 6.57. The van der Waals surface area contributed by atoms with Crippen molar-refractivity contribution in [2.24, 2.45) is 5.73 Å². The van der Waals surface area contributed by atoms with E-state index in [0.717, 1.165) is 23.0 Å². The zero-order valence-corrected chi connectivity index (χ0v) is 8.98. The van der Waals surface area contributed by atoms with Crippen LogP contribution in [0.15, 0.2) is 36.7 Å². The van der Waals surface area contributed by atoms with E-state index in [0.29, 0.717) is 6.54 Å². The second kappa shape index (κ2) is 4.47. The average Bonchev–Trinajstić information content (AvgIpc) is 2.68. The van der Waals surface area contributed by atoms with Crippen LogP contribution >= 0.6 is 11.6 Å². The van der Waals surface area contributed by atoms with Crippen LogP contribution in [0.2, 0.25) is 5.02 Å². The fraction of sp³-hybridized carbons (Fsp3) is 0.182. The lowest BCUT2D eigenvalue weighted by Gasteiger charge is -2.06. The predicted octanol–water partition coefficient (Wildman–Crippen LogP) is 2.03. The Morgan fingerprint density at radius 2 is 2.00 bits per heavy atom. The highest BCUT2D eigenvalue weighted by Gasteiger charge is 2.03. The molecule has 0 aliphatic rings. The minimum absolute atomic E-state index is 0.602. The van der Waals surface area contributed by atoms with Crippen LogP contribution in [0.1, 0.15) is 5.82 Å². The predicted molar refractivity (Wildman–Crippen MR) is 61.3 cm³/mol. The molecule has 0 fully saturated rings. The van der Waals surface area contributed by atoms with Crippen molar-refractivity contribution in [1.29, 1.82) is 0 Å². The molecule has 2 N–H and O–H groups in total. The van der Waals surface area contributed by atoms with Crippen LogP contribution < -0.4 is 5.73 Å². The lowest BCUT2D eigenvalue weighted by molar-refractivity contribution is 0.837. The quantitative estimate of drug-likeness (QED) is 0.862. The number of aromatic nitrogens is 2. The summed E-state index contributed by atoms with van der Waals surface area (Å²) in [6, 6.07) is 7.65. The van der Waals surface area contributed by atoms with Crippen molar-refractivity contribution < 1.29 is 0 Å². The van der Waals surface area contributed by atoms with Crippen LogP contribution in [0.4, 0.5) is 0 Å². The third kappa shape index (κ3) is 2.19. The van der Waals surface area contributed by atoms with Gasteiger partial charge in [-0.15, -0.1) is 0 Å². The summed E-state index contributed by atoms with van der Waals surface area (Å²) in [4.78, 5) is 4.25. The summed E-state index contributed by atoms with van der Waals surface area (Å²) in [6.07, 6.45) is 4.48. The van der Waals surface area contributed by atoms with Gasteiger partial charge in [0.25, 0.3) is 0 Å². The molecule has 3 nitrogen and oxygen atoms in total. The van der Waals surface area contributed by atoms with E-state index in [9.17, 15) is 0 Å². The molecule has 0 bridgehead atoms. The maximum Gasteiger partial charge on any atom is 0.114 e. The Hall–Kier alpha value is -1.32. The van der Waals surface area contributed by atoms with E-state index in [1.165, 1.54) is 0 Å². The summed E-state index contributed by atoms with van der Waals surface area (Å²) < 4.78 is 2.02. The molecule has 0 radical (unpaired) electrons. The van der Waals surface area contributed by atoms with E-state index < -0.39 is 0 Å². The van der Waals surface area contributed by atoms with Gasteiger partial charge in [-0.25, -0.2) is 4.98 Å². The number of hydrogen-bond acceptors (Lipinski definition) is 2. The second-order valence-electron chi connectivity index (χ2n) is 3.23. The van der Waals surface area contributed by atoms with Gasteiger partial charge < -0.3 is 10.3 Å². The van der Waals surface area contributed by atoms with Crippen molar-refractivity contribution in [3.8, 4) is 5.69 Å². The highest BCUT2D eigenvalue weighted by atomic mass is 35.5. The number of halogens is 1. The molecular weight excluding hydrogens is 210 g/mol. The van der Waals surface area contributed by atoms with Gasteiger partial charge in [0.15, 0.2) is 0 Å². The number of rotatable bonds is 3. The number of benzene rings is 1. The Morgan fingerprint density at radius 3 is 2.67 bits per heavy atom. The van der Waals surface area contributed by atoms with Crippen LogP contribution in [0, 0.1) is 0 Å². The van der Waals surface area contributed by atoms with Gasteiger partial charge >= 0.3 is 0 Å². The zero-order valence-electron chi connectivity index (χ0n) is 8.23. The van der Waals surface area contributed by atoms with Gasteiger partial charge in [0, 0.05) is 29.5 Å². The van der Waals surface area contributed by atoms with E-state index in [4.69, 9.17) is 17.3 Å². The van der Waals surface area contributed by atoms with E-state index in [-0.39, 0.29) is 0 Å². The highest BCUT2D eigenvalue weighted by Crippen LogP contribution is 2.14. The molecule has 4 heteroatoms. The van der Waals surface area contributed by atoms with E-state index in [1.54, 1.807) is 6.20 Å². The molecule has 2 rings (SSSR count). The second-order valence-corrected chi connectivity index (χ2v) is 3.66. The maximum atomic E-state index is 5.83. The van der Waals surface area contributed by atoms with Gasteiger partial charge in [-0.2, -0.15) is 0 Å². The van der Waals surface area contributed by atoms with Crippen molar-refractivity contribution in [3.63, 3.8) is 0 Å². The maximum absolute atomic E-state index is 5.83. The normalized spacial score (nSPS) is 10.5. The van der Waals surface area contributed by atoms with Gasteiger partial charge in [0.05, 0.1) is 0 Å². The Morgan fingerprint density at radius 1 is 1.27 bits per heavy atom. The van der Waals surface area contributed by atoms with Gasteiger partial charge in [0.1, 0.15) is 5.82 Å². The van der Waals surface area contributed by atoms with Crippen LogP contribution in [-0.4, -0.2) is 16.1 Å². The Bertz CT molecular complexity index is 433. The van der Waals surface area contributed by atoms with Gasteiger partial charge in [-0.05, 0) is 30.8 Å². The monoisotopic (exact) mass is 221 g/mol. The van der Waals surface area contributed by atoms with Crippen LogP contribution in [0.25, 0.3) is 5.69 Å². The molecule has 78 valence electrons. The average molecular weight is 222 g/mol. The molecule has 1 aromatic carbocycles. The molecule has 0 saturated heterocycles. The lowest BCUT2D eigenvalue weighted by Crippen LogP contribution is -2.08. The van der Waals surface area contributed by atoms with Gasteiger partial charge in [-0.1, -0.05) is 11.6 Å². The molecule has 1 aromatic heterocycles. The number of nitrogens with two attached hydrogens (primary N) is 1. The topological polar surface area (TPSA) is 43.8 Å². The number of hydrogen-bond donors (Lipinski definition) is 1. The smallest absolute Gasteiger partial charge is 0.114 e. The van der Waals surface area contributed by atoms with Crippen LogP contribution in [0.5, 0.6) is 0 Å². The molecule has 0 aliphatic heterocycles. The minimum Gasteiger partial charge on any atom is -0.330 e. The van der Waals surface area contributed by atoms with E-state index in [2.05, 4.69) is 4.98 Å². The SMILES string of the molecule is NCCc1nccn1-c1ccc(Cl)cc1. The van der Waals surface area contributed by atoms with Crippen LogP contribution in [-0.2, 0) is 6.42 Å². The summed E-state index contributed by atoms with van der Waals surface area (Å²) in [5.74, 6) is 0.972. The molecule has 0 atom stereocenters. The van der Waals surface area contributed by atoms with Crippen molar-refractivity contribution in [1.82, 2.24) is 9.55 Å². The third-order valence-corrected chi connectivity index (χ3v) is 2.44. The molecule has 2 aromatic rings. The summed E-state index contributed by atoms with van der Waals surface area (Å²) >= 11 is 5.83. The van der Waals surface area contributed by atoms with Crippen molar-refractivity contribution in [2.45, 2.75) is 6.42 Å². The first-order chi connectivity index (χ1) is 7.31. The highest BCUT2D eigenvalue weighted by molar-refractivity contribution is 6.30. The molecule has 0 aliphatic carbocycles. The number of nitrogens with zero attached hydrogens (tertiary/aromatic N) is 2. The molecule has 15 heavy (non-hydrogen) atoms. The van der Waals surface area contributed by atoms with Crippen molar-refractivity contribution >= 4 is 11.6 Å². The summed E-state index contributed by atoms with van der Waals surface area (Å²) in [6.45, 7) is 0.602. The molecule has 1 heterocycles. The van der Waals surface area contributed by atoms with Crippen LogP contribution in [0.3, 0.4) is 0 Å². The van der Waals surface area contributed by atoms with Gasteiger partial charge in [-0.3, -0.25) is 0 Å². The Kier molecular flexibility index (Phi) is 3.04. The molecule has 0 unspecified atom stereocenters. The first-order valence-electron chi connectivity index (χ1n) is 4.79. The molecular formula is C11H12ClN3. The zero-order chi connectivity index (χ0) is 10.7. The van der Waals surface area contributed by atoms with E-state index in [1.807, 2.05) is 35.0 Å². The Labute approximate surface area is 93.5 Å². The fourth-order valence-electron chi connectivity index (χ4n) is 1.49. The summed E-state index contributed by atoms with van der Waals surface area (Å²) in [5, 5.41) is 0.735. The third-order valence-electron chi connectivity index (χ3n) is 2.19. The van der Waals surface area contributed by atoms with Crippen molar-refractivity contribution in [2.75, 3.05) is 6.54 Å². The largest absolute Gasteiger partial charge is 0.330 e. The minimum atomic E-state index is 0.602. The molecule has 0 saturated carbocycles. The lowest BCUT2D eigenvalue weighted by atomic mass is 10.3. The van der Waals surface area contributed by atoms with E-state index >= 15 is 0 Å². The molecule has 0 amide bonds. The first kappa shape index (κ1) is 10.2. The Balaban J connectivity index is 2.36. The number of imidazole rings is 1. The molecule has 0 spiro atoms. The summed E-state index contributed by atoms with van der Waals surface area (Å²) in [7, 11) is 0. The standard InChI is InChI=1S/C11H12ClN3/c12-9-1-3-10(4-2-9)15-8-7-14-11(15)5-6-13/h1-4,7-8H,5-6,13H2.